The van der Waals surface area contributed by atoms with E-state index >= 15 is 0 Å². The predicted octanol–water partition coefficient (Wildman–Crippen LogP) is 1.05. The molecule has 1 unspecified atom stereocenters. The zero-order valence-electron chi connectivity index (χ0n) is 15.8. The van der Waals surface area contributed by atoms with Crippen LogP contribution in [-0.4, -0.2) is 55.8 Å². The van der Waals surface area contributed by atoms with E-state index in [1.807, 2.05) is 30.0 Å². The van der Waals surface area contributed by atoms with Crippen molar-refractivity contribution in [2.45, 2.75) is 45.3 Å². The van der Waals surface area contributed by atoms with E-state index in [-0.39, 0.29) is 23.5 Å². The monoisotopic (exact) mass is 392 g/mol. The molecule has 0 bridgehead atoms. The van der Waals surface area contributed by atoms with Crippen molar-refractivity contribution in [3.05, 3.63) is 35.4 Å². The number of guanidine groups is 1. The average molecular weight is 393 g/mol. The second kappa shape index (κ2) is 8.73. The maximum atomic E-state index is 11.8. The Hall–Kier alpha value is -2.09. The molecule has 0 aliphatic carbocycles. The van der Waals surface area contributed by atoms with Gasteiger partial charge in [0.15, 0.2) is 15.8 Å². The molecule has 2 aliphatic rings. The molecule has 3 rings (SSSR count). The molecular weight excluding hydrogens is 364 g/mol. The van der Waals surface area contributed by atoms with Gasteiger partial charge >= 0.3 is 0 Å². The molecule has 1 aromatic rings. The van der Waals surface area contributed by atoms with Gasteiger partial charge in [-0.05, 0) is 30.9 Å². The third kappa shape index (κ3) is 5.69. The Bertz CT molecular complexity index is 807. The SMILES string of the molecule is CCNC(=NCc1cccc(CN2CCCC2=O)c1)NC1CCS(=O)(=O)C1. The Morgan fingerprint density at radius 3 is 2.81 bits per heavy atom. The number of nitrogens with zero attached hydrogens (tertiary/aromatic N) is 2. The van der Waals surface area contributed by atoms with Crippen molar-refractivity contribution >= 4 is 21.7 Å². The highest BCUT2D eigenvalue weighted by Crippen LogP contribution is 2.16. The lowest BCUT2D eigenvalue weighted by Crippen LogP contribution is -2.44. The number of likely N-dealkylation sites (tertiary alicyclic amines) is 1. The number of rotatable bonds is 6. The Labute approximate surface area is 161 Å². The van der Waals surface area contributed by atoms with Gasteiger partial charge in [-0.25, -0.2) is 13.4 Å². The largest absolute Gasteiger partial charge is 0.357 e. The Morgan fingerprint density at radius 1 is 1.33 bits per heavy atom. The van der Waals surface area contributed by atoms with Gasteiger partial charge in [0, 0.05) is 32.1 Å². The smallest absolute Gasteiger partial charge is 0.222 e. The van der Waals surface area contributed by atoms with Crippen LogP contribution in [0.25, 0.3) is 0 Å². The van der Waals surface area contributed by atoms with E-state index in [4.69, 9.17) is 0 Å². The first-order chi connectivity index (χ1) is 12.9. The molecule has 0 aromatic heterocycles. The fourth-order valence-corrected chi connectivity index (χ4v) is 5.18. The number of sulfone groups is 1. The molecule has 2 saturated heterocycles. The van der Waals surface area contributed by atoms with Crippen molar-refractivity contribution < 1.29 is 13.2 Å². The molecule has 1 amide bonds. The molecule has 0 saturated carbocycles. The first-order valence-electron chi connectivity index (χ1n) is 9.56. The van der Waals surface area contributed by atoms with Gasteiger partial charge in [-0.15, -0.1) is 0 Å². The summed E-state index contributed by atoms with van der Waals surface area (Å²) >= 11 is 0. The van der Waals surface area contributed by atoms with E-state index in [1.165, 1.54) is 0 Å². The number of hydrogen-bond donors (Lipinski definition) is 2. The number of amides is 1. The third-order valence-electron chi connectivity index (χ3n) is 4.87. The van der Waals surface area contributed by atoms with Crippen LogP contribution in [0.2, 0.25) is 0 Å². The van der Waals surface area contributed by atoms with Crippen LogP contribution in [0.1, 0.15) is 37.3 Å². The zero-order chi connectivity index (χ0) is 19.3. The van der Waals surface area contributed by atoms with Gasteiger partial charge in [0.05, 0.1) is 18.1 Å². The summed E-state index contributed by atoms with van der Waals surface area (Å²) in [6.45, 7) is 4.67. The molecule has 2 fully saturated rings. The van der Waals surface area contributed by atoms with Gasteiger partial charge in [-0.1, -0.05) is 24.3 Å². The lowest BCUT2D eigenvalue weighted by molar-refractivity contribution is -0.128. The van der Waals surface area contributed by atoms with Crippen molar-refractivity contribution in [2.24, 2.45) is 4.99 Å². The van der Waals surface area contributed by atoms with E-state index in [9.17, 15) is 13.2 Å². The fourth-order valence-electron chi connectivity index (χ4n) is 3.51. The summed E-state index contributed by atoms with van der Waals surface area (Å²) in [5.41, 5.74) is 2.17. The van der Waals surface area contributed by atoms with Crippen LogP contribution in [0.4, 0.5) is 0 Å². The molecule has 27 heavy (non-hydrogen) atoms. The molecule has 2 aliphatic heterocycles. The van der Waals surface area contributed by atoms with Gasteiger partial charge in [-0.2, -0.15) is 0 Å². The maximum Gasteiger partial charge on any atom is 0.222 e. The fraction of sp³-hybridized carbons (Fsp3) is 0.579. The average Bonchev–Trinajstić information content (AvgIpc) is 3.18. The Kier molecular flexibility index (Phi) is 6.36. The minimum Gasteiger partial charge on any atom is -0.357 e. The first-order valence-corrected chi connectivity index (χ1v) is 11.4. The molecule has 7 nitrogen and oxygen atoms in total. The van der Waals surface area contributed by atoms with Crippen molar-refractivity contribution in [2.75, 3.05) is 24.6 Å². The lowest BCUT2D eigenvalue weighted by Gasteiger charge is -2.17. The summed E-state index contributed by atoms with van der Waals surface area (Å²) < 4.78 is 23.3. The van der Waals surface area contributed by atoms with E-state index in [0.29, 0.717) is 38.4 Å². The second-order valence-electron chi connectivity index (χ2n) is 7.18. The van der Waals surface area contributed by atoms with Crippen molar-refractivity contribution in [3.63, 3.8) is 0 Å². The number of hydrogen-bond acceptors (Lipinski definition) is 4. The second-order valence-corrected chi connectivity index (χ2v) is 9.41. The van der Waals surface area contributed by atoms with E-state index in [2.05, 4.69) is 21.7 Å². The number of benzene rings is 1. The third-order valence-corrected chi connectivity index (χ3v) is 6.64. The minimum absolute atomic E-state index is 0.0830. The molecule has 2 N–H and O–H groups in total. The van der Waals surface area contributed by atoms with Crippen LogP contribution in [0.5, 0.6) is 0 Å². The highest BCUT2D eigenvalue weighted by atomic mass is 32.2. The molecular formula is C19H28N4O3S. The maximum absolute atomic E-state index is 11.8. The highest BCUT2D eigenvalue weighted by Gasteiger charge is 2.28. The summed E-state index contributed by atoms with van der Waals surface area (Å²) in [6.07, 6.45) is 2.21. The highest BCUT2D eigenvalue weighted by molar-refractivity contribution is 7.91. The quantitative estimate of drug-likeness (QED) is 0.558. The Morgan fingerprint density at radius 2 is 2.15 bits per heavy atom. The molecule has 2 heterocycles. The Balaban J connectivity index is 1.61. The molecule has 1 aromatic carbocycles. The summed E-state index contributed by atoms with van der Waals surface area (Å²) in [6, 6.07) is 8.04. The lowest BCUT2D eigenvalue weighted by atomic mass is 10.1. The molecule has 8 heteroatoms. The van der Waals surface area contributed by atoms with Crippen molar-refractivity contribution in [1.29, 1.82) is 0 Å². The van der Waals surface area contributed by atoms with Crippen molar-refractivity contribution in [3.8, 4) is 0 Å². The summed E-state index contributed by atoms with van der Waals surface area (Å²) in [7, 11) is -2.92. The molecule has 148 valence electrons. The van der Waals surface area contributed by atoms with E-state index < -0.39 is 9.84 Å². The van der Waals surface area contributed by atoms with Gasteiger partial charge in [0.2, 0.25) is 5.91 Å². The number of carbonyl (C=O) groups excluding carboxylic acids is 1. The standard InChI is InChI=1S/C19H28N4O3S/c1-2-20-19(22-17-8-10-27(25,26)14-17)21-12-15-5-3-6-16(11-15)13-23-9-4-7-18(23)24/h3,5-6,11,17H,2,4,7-10,12-14H2,1H3,(H2,20,21,22). The van der Waals surface area contributed by atoms with Gasteiger partial charge in [0.25, 0.3) is 0 Å². The van der Waals surface area contributed by atoms with Crippen molar-refractivity contribution in [1.82, 2.24) is 15.5 Å². The number of aliphatic imine (C=N–C) groups is 1. The van der Waals surface area contributed by atoms with Gasteiger partial charge in [0.1, 0.15) is 0 Å². The van der Waals surface area contributed by atoms with Crippen LogP contribution in [-0.2, 0) is 27.7 Å². The van der Waals surface area contributed by atoms with E-state index in [1.54, 1.807) is 0 Å². The minimum atomic E-state index is -2.92. The van der Waals surface area contributed by atoms with Crippen LogP contribution in [0, 0.1) is 0 Å². The summed E-state index contributed by atoms with van der Waals surface area (Å²) in [5, 5.41) is 6.41. The van der Waals surface area contributed by atoms with Crippen LogP contribution >= 0.6 is 0 Å². The van der Waals surface area contributed by atoms with Gasteiger partial charge < -0.3 is 15.5 Å². The summed E-state index contributed by atoms with van der Waals surface area (Å²) in [4.78, 5) is 18.3. The van der Waals surface area contributed by atoms with E-state index in [0.717, 1.165) is 24.1 Å². The molecule has 0 spiro atoms. The normalized spacial score (nSPS) is 22.3. The zero-order valence-corrected chi connectivity index (χ0v) is 16.6. The predicted molar refractivity (Wildman–Crippen MR) is 106 cm³/mol. The van der Waals surface area contributed by atoms with Gasteiger partial charge in [-0.3, -0.25) is 4.79 Å². The molecule has 1 atom stereocenters. The number of carbonyl (C=O) groups is 1. The van der Waals surface area contributed by atoms with Crippen LogP contribution < -0.4 is 10.6 Å². The topological polar surface area (TPSA) is 90.9 Å². The molecule has 0 radical (unpaired) electrons. The van der Waals surface area contributed by atoms with Crippen LogP contribution in [0.15, 0.2) is 29.3 Å². The number of nitrogens with one attached hydrogen (secondary N) is 2. The summed E-state index contributed by atoms with van der Waals surface area (Å²) in [5.74, 6) is 1.27. The van der Waals surface area contributed by atoms with Crippen LogP contribution in [0.3, 0.4) is 0 Å². The first kappa shape index (κ1) is 19.7.